The third-order valence-corrected chi connectivity index (χ3v) is 5.82. The zero-order chi connectivity index (χ0) is 20.4. The second-order valence-electron chi connectivity index (χ2n) is 6.41. The fraction of sp³-hybridized carbons (Fsp3) is 0.0909. The number of thioether (sulfide) groups is 1. The average Bonchev–Trinajstić information content (AvgIpc) is 3.30. The highest BCUT2D eigenvalue weighted by molar-refractivity contribution is 8.18. The second-order valence-corrected chi connectivity index (χ2v) is 7.81. The summed E-state index contributed by atoms with van der Waals surface area (Å²) in [5, 5.41) is 0.239. The van der Waals surface area contributed by atoms with Gasteiger partial charge in [0.05, 0.1) is 18.6 Å². The quantitative estimate of drug-likeness (QED) is 0.516. The lowest BCUT2D eigenvalue weighted by Crippen LogP contribution is -2.27. The summed E-state index contributed by atoms with van der Waals surface area (Å²) in [5.74, 6) is 0.477. The highest BCUT2D eigenvalue weighted by atomic mass is 35.5. The molecule has 29 heavy (non-hydrogen) atoms. The van der Waals surface area contributed by atoms with Gasteiger partial charge in [-0.05, 0) is 65.4 Å². The third kappa shape index (κ3) is 4.09. The predicted molar refractivity (Wildman–Crippen MR) is 115 cm³/mol. The van der Waals surface area contributed by atoms with Crippen LogP contribution >= 0.6 is 23.4 Å². The Kier molecular flexibility index (Phi) is 5.47. The summed E-state index contributed by atoms with van der Waals surface area (Å²) in [6, 6.07) is 16.7. The molecule has 4 rings (SSSR count). The molecule has 0 unspecified atom stereocenters. The molecule has 0 saturated carbocycles. The number of aromatic nitrogens is 1. The average molecular weight is 425 g/mol. The van der Waals surface area contributed by atoms with Crippen LogP contribution in [0.2, 0.25) is 5.02 Å². The van der Waals surface area contributed by atoms with Gasteiger partial charge in [-0.1, -0.05) is 29.8 Å². The van der Waals surface area contributed by atoms with Crippen molar-refractivity contribution < 1.29 is 14.3 Å². The number of amides is 2. The topological polar surface area (TPSA) is 51.5 Å². The van der Waals surface area contributed by atoms with E-state index in [2.05, 4.69) is 0 Å². The minimum Gasteiger partial charge on any atom is -0.497 e. The molecule has 0 N–H and O–H groups in total. The van der Waals surface area contributed by atoms with Gasteiger partial charge in [-0.25, -0.2) is 0 Å². The van der Waals surface area contributed by atoms with E-state index >= 15 is 0 Å². The molecule has 7 heteroatoms. The lowest BCUT2D eigenvalue weighted by atomic mass is 10.2. The van der Waals surface area contributed by atoms with E-state index in [-0.39, 0.29) is 17.7 Å². The van der Waals surface area contributed by atoms with Crippen LogP contribution in [0.25, 0.3) is 11.8 Å². The zero-order valence-electron chi connectivity index (χ0n) is 15.5. The molecule has 0 radical (unpaired) electrons. The van der Waals surface area contributed by atoms with Crippen LogP contribution in [-0.4, -0.2) is 27.7 Å². The van der Waals surface area contributed by atoms with Crippen molar-refractivity contribution in [3.63, 3.8) is 0 Å². The van der Waals surface area contributed by atoms with Crippen LogP contribution in [0.4, 0.5) is 4.79 Å². The molecule has 2 amide bonds. The maximum absolute atomic E-state index is 12.7. The maximum Gasteiger partial charge on any atom is 0.293 e. The van der Waals surface area contributed by atoms with E-state index in [9.17, 15) is 9.59 Å². The van der Waals surface area contributed by atoms with E-state index in [1.807, 2.05) is 65.5 Å². The molecule has 146 valence electrons. The smallest absolute Gasteiger partial charge is 0.293 e. The normalized spacial score (nSPS) is 15.4. The molecule has 1 aliphatic heterocycles. The minimum absolute atomic E-state index is 0.161. The SMILES string of the molecule is COc1ccc(-n2ccc(/C=C3/SC(=O)N(Cc4ccccc4Cl)C3=O)c2)cc1. The largest absolute Gasteiger partial charge is 0.497 e. The maximum atomic E-state index is 12.7. The molecule has 5 nitrogen and oxygen atoms in total. The number of halogens is 1. The summed E-state index contributed by atoms with van der Waals surface area (Å²) in [7, 11) is 1.63. The summed E-state index contributed by atoms with van der Waals surface area (Å²) in [5.41, 5.74) is 2.55. The first kappa shape index (κ1) is 19.4. The molecule has 1 saturated heterocycles. The van der Waals surface area contributed by atoms with Crippen molar-refractivity contribution >= 4 is 40.6 Å². The molecule has 1 aromatic heterocycles. The summed E-state index contributed by atoms with van der Waals surface area (Å²) in [6.45, 7) is 0.161. The number of hydrogen-bond donors (Lipinski definition) is 0. The van der Waals surface area contributed by atoms with Crippen molar-refractivity contribution in [3.8, 4) is 11.4 Å². The van der Waals surface area contributed by atoms with Crippen LogP contribution in [-0.2, 0) is 11.3 Å². The summed E-state index contributed by atoms with van der Waals surface area (Å²) in [6.07, 6.45) is 5.54. The molecule has 0 aliphatic carbocycles. The van der Waals surface area contributed by atoms with Crippen molar-refractivity contribution in [2.45, 2.75) is 6.54 Å². The van der Waals surface area contributed by atoms with Gasteiger partial charge in [0, 0.05) is 23.1 Å². The third-order valence-electron chi connectivity index (χ3n) is 4.54. The Morgan fingerprint density at radius 2 is 1.83 bits per heavy atom. The number of carbonyl (C=O) groups excluding carboxylic acids is 2. The summed E-state index contributed by atoms with van der Waals surface area (Å²) < 4.78 is 7.12. The number of nitrogens with zero attached hydrogens (tertiary/aromatic N) is 2. The Morgan fingerprint density at radius 1 is 1.07 bits per heavy atom. The molecule has 2 aromatic carbocycles. The Bertz CT molecular complexity index is 1110. The van der Waals surface area contributed by atoms with Crippen molar-refractivity contribution in [3.05, 3.63) is 88.0 Å². The van der Waals surface area contributed by atoms with Gasteiger partial charge in [0.2, 0.25) is 0 Å². The Hall–Kier alpha value is -2.96. The first-order chi connectivity index (χ1) is 14.0. The standard InChI is InChI=1S/C22H17ClN2O3S/c1-28-18-8-6-17(7-9-18)24-11-10-15(13-24)12-20-21(26)25(22(27)29-20)14-16-4-2-3-5-19(16)23/h2-13H,14H2,1H3/b20-12+. The zero-order valence-corrected chi connectivity index (χ0v) is 17.1. The highest BCUT2D eigenvalue weighted by Crippen LogP contribution is 2.34. The van der Waals surface area contributed by atoms with E-state index in [0.717, 1.165) is 34.3 Å². The van der Waals surface area contributed by atoms with Gasteiger partial charge in [0.15, 0.2) is 0 Å². The summed E-state index contributed by atoms with van der Waals surface area (Å²) in [4.78, 5) is 26.7. The number of ether oxygens (including phenoxy) is 1. The van der Waals surface area contributed by atoms with Gasteiger partial charge in [-0.2, -0.15) is 0 Å². The first-order valence-corrected chi connectivity index (χ1v) is 10.1. The van der Waals surface area contributed by atoms with Gasteiger partial charge >= 0.3 is 0 Å². The van der Waals surface area contributed by atoms with Crippen molar-refractivity contribution in [1.82, 2.24) is 9.47 Å². The first-order valence-electron chi connectivity index (χ1n) is 8.86. The highest BCUT2D eigenvalue weighted by Gasteiger charge is 2.35. The van der Waals surface area contributed by atoms with E-state index in [4.69, 9.17) is 16.3 Å². The van der Waals surface area contributed by atoms with Gasteiger partial charge in [0.1, 0.15) is 5.75 Å². The number of rotatable bonds is 5. The van der Waals surface area contributed by atoms with Crippen LogP contribution < -0.4 is 4.74 Å². The van der Waals surface area contributed by atoms with E-state index in [1.165, 1.54) is 4.90 Å². The van der Waals surface area contributed by atoms with Crippen LogP contribution in [0, 0.1) is 0 Å². The fourth-order valence-electron chi connectivity index (χ4n) is 3.00. The van der Waals surface area contributed by atoms with Crippen molar-refractivity contribution in [1.29, 1.82) is 0 Å². The molecule has 3 aromatic rings. The Morgan fingerprint density at radius 3 is 2.55 bits per heavy atom. The molecule has 0 bridgehead atoms. The fourth-order valence-corrected chi connectivity index (χ4v) is 4.03. The lowest BCUT2D eigenvalue weighted by Gasteiger charge is -2.13. The lowest BCUT2D eigenvalue weighted by molar-refractivity contribution is -0.123. The molecule has 1 aliphatic rings. The molecule has 0 atom stereocenters. The van der Waals surface area contributed by atoms with Gasteiger partial charge in [-0.3, -0.25) is 14.5 Å². The number of imide groups is 1. The summed E-state index contributed by atoms with van der Waals surface area (Å²) >= 11 is 7.10. The Balaban J connectivity index is 1.53. The molecule has 0 spiro atoms. The van der Waals surface area contributed by atoms with E-state index in [1.54, 1.807) is 19.3 Å². The molecule has 1 fully saturated rings. The van der Waals surface area contributed by atoms with Crippen molar-refractivity contribution in [2.24, 2.45) is 0 Å². The molecular weight excluding hydrogens is 408 g/mol. The number of methoxy groups -OCH3 is 1. The van der Waals surface area contributed by atoms with Crippen LogP contribution in [0.3, 0.4) is 0 Å². The minimum atomic E-state index is -0.308. The molecule has 2 heterocycles. The monoisotopic (exact) mass is 424 g/mol. The predicted octanol–water partition coefficient (Wildman–Crippen LogP) is 5.38. The van der Waals surface area contributed by atoms with E-state index < -0.39 is 0 Å². The van der Waals surface area contributed by atoms with Gasteiger partial charge in [0.25, 0.3) is 11.1 Å². The van der Waals surface area contributed by atoms with Crippen LogP contribution in [0.1, 0.15) is 11.1 Å². The molecular formula is C22H17ClN2O3S. The Labute approximate surface area is 177 Å². The number of hydrogen-bond acceptors (Lipinski definition) is 4. The van der Waals surface area contributed by atoms with Gasteiger partial charge in [-0.15, -0.1) is 0 Å². The van der Waals surface area contributed by atoms with Crippen LogP contribution in [0.15, 0.2) is 71.9 Å². The van der Waals surface area contributed by atoms with Gasteiger partial charge < -0.3 is 9.30 Å². The number of carbonyl (C=O) groups is 2. The van der Waals surface area contributed by atoms with Crippen molar-refractivity contribution in [2.75, 3.05) is 7.11 Å². The van der Waals surface area contributed by atoms with E-state index in [0.29, 0.717) is 9.93 Å². The second kappa shape index (κ2) is 8.19. The van der Waals surface area contributed by atoms with Crippen LogP contribution in [0.5, 0.6) is 5.75 Å². The number of benzene rings is 2.